The van der Waals surface area contributed by atoms with Crippen LogP contribution in [-0.2, 0) is 9.47 Å². The minimum absolute atomic E-state index is 0.142. The zero-order chi connectivity index (χ0) is 16.8. The normalized spacial score (nSPS) is 18.1. The van der Waals surface area contributed by atoms with E-state index in [1.807, 2.05) is 0 Å². The average molecular weight is 342 g/mol. The molecule has 7 nitrogen and oxygen atoms in total. The Morgan fingerprint density at radius 2 is 1.44 bits per heavy atom. The van der Waals surface area contributed by atoms with Crippen molar-refractivity contribution in [3.8, 4) is 23.0 Å². The van der Waals surface area contributed by atoms with Crippen molar-refractivity contribution in [2.24, 2.45) is 0 Å². The lowest BCUT2D eigenvalue weighted by Gasteiger charge is -2.20. The van der Waals surface area contributed by atoms with Gasteiger partial charge in [-0.1, -0.05) is 6.07 Å². The predicted molar refractivity (Wildman–Crippen MR) is 83.2 cm³/mol. The van der Waals surface area contributed by atoms with Gasteiger partial charge in [-0.2, -0.15) is 0 Å². The summed E-state index contributed by atoms with van der Waals surface area (Å²) in [6.45, 7) is 0.322. The van der Waals surface area contributed by atoms with Crippen molar-refractivity contribution in [3.63, 3.8) is 0 Å². The van der Waals surface area contributed by atoms with Crippen molar-refractivity contribution in [2.45, 2.75) is 12.4 Å². The molecule has 0 spiro atoms. The number of rotatable bonds is 3. The second kappa shape index (κ2) is 5.49. The van der Waals surface area contributed by atoms with Crippen molar-refractivity contribution in [3.05, 3.63) is 59.5 Å². The van der Waals surface area contributed by atoms with Crippen LogP contribution in [0.1, 0.15) is 29.1 Å². The summed E-state index contributed by atoms with van der Waals surface area (Å²) < 4.78 is 32.5. The summed E-state index contributed by atoms with van der Waals surface area (Å²) in [6, 6.07) is 8.85. The fourth-order valence-corrected chi connectivity index (χ4v) is 3.06. The summed E-state index contributed by atoms with van der Waals surface area (Å²) >= 11 is 0. The molecule has 2 aromatic rings. The SMILES string of the molecule is OC(c1ccc2c(c1)OCO2)c1cc2c(cc1C1OC=CO1)OCO2. The maximum absolute atomic E-state index is 11.0. The summed E-state index contributed by atoms with van der Waals surface area (Å²) in [6.07, 6.45) is 1.36. The summed E-state index contributed by atoms with van der Waals surface area (Å²) in [7, 11) is 0. The first-order valence-corrected chi connectivity index (χ1v) is 7.76. The van der Waals surface area contributed by atoms with E-state index in [0.29, 0.717) is 39.7 Å². The van der Waals surface area contributed by atoms with E-state index >= 15 is 0 Å². The molecule has 0 amide bonds. The first kappa shape index (κ1) is 14.3. The molecule has 1 unspecified atom stereocenters. The van der Waals surface area contributed by atoms with Gasteiger partial charge in [-0.3, -0.25) is 0 Å². The van der Waals surface area contributed by atoms with Crippen molar-refractivity contribution >= 4 is 0 Å². The summed E-state index contributed by atoms with van der Waals surface area (Å²) in [4.78, 5) is 0. The molecule has 5 rings (SSSR count). The van der Waals surface area contributed by atoms with Gasteiger partial charge in [0, 0.05) is 5.56 Å². The van der Waals surface area contributed by atoms with E-state index in [0.717, 1.165) is 0 Å². The van der Waals surface area contributed by atoms with E-state index in [9.17, 15) is 5.11 Å². The quantitative estimate of drug-likeness (QED) is 0.919. The molecule has 0 bridgehead atoms. The average Bonchev–Trinajstić information content (AvgIpc) is 3.39. The molecule has 1 N–H and O–H groups in total. The van der Waals surface area contributed by atoms with E-state index < -0.39 is 12.4 Å². The summed E-state index contributed by atoms with van der Waals surface area (Å²) in [5, 5.41) is 11.0. The van der Waals surface area contributed by atoms with Crippen molar-refractivity contribution < 1.29 is 33.5 Å². The van der Waals surface area contributed by atoms with Gasteiger partial charge in [-0.15, -0.1) is 0 Å². The van der Waals surface area contributed by atoms with Gasteiger partial charge >= 0.3 is 0 Å². The van der Waals surface area contributed by atoms with Crippen molar-refractivity contribution in [1.29, 1.82) is 0 Å². The number of fused-ring (bicyclic) bond motifs is 2. The van der Waals surface area contributed by atoms with Crippen LogP contribution in [0.3, 0.4) is 0 Å². The molecule has 25 heavy (non-hydrogen) atoms. The predicted octanol–water partition coefficient (Wildman–Crippen LogP) is 2.74. The molecule has 128 valence electrons. The van der Waals surface area contributed by atoms with Crippen LogP contribution >= 0.6 is 0 Å². The molecule has 0 aromatic heterocycles. The van der Waals surface area contributed by atoms with Crippen LogP contribution in [0, 0.1) is 0 Å². The maximum Gasteiger partial charge on any atom is 0.266 e. The number of hydrogen-bond acceptors (Lipinski definition) is 7. The van der Waals surface area contributed by atoms with E-state index in [4.69, 9.17) is 28.4 Å². The van der Waals surface area contributed by atoms with Crippen LogP contribution in [0.15, 0.2) is 42.9 Å². The molecule has 0 radical (unpaired) electrons. The highest BCUT2D eigenvalue weighted by Crippen LogP contribution is 2.43. The van der Waals surface area contributed by atoms with Gasteiger partial charge in [0.2, 0.25) is 13.6 Å². The van der Waals surface area contributed by atoms with Crippen molar-refractivity contribution in [2.75, 3.05) is 13.6 Å². The topological polar surface area (TPSA) is 75.6 Å². The molecule has 3 aliphatic heterocycles. The number of aliphatic hydroxyl groups excluding tert-OH is 1. The van der Waals surface area contributed by atoms with Gasteiger partial charge in [0.15, 0.2) is 23.0 Å². The van der Waals surface area contributed by atoms with Crippen LogP contribution in [-0.4, -0.2) is 18.7 Å². The van der Waals surface area contributed by atoms with Crippen LogP contribution in [0.25, 0.3) is 0 Å². The molecular formula is C18H14O7. The number of hydrogen-bond donors (Lipinski definition) is 1. The fraction of sp³-hybridized carbons (Fsp3) is 0.222. The highest BCUT2D eigenvalue weighted by Gasteiger charge is 2.29. The Bertz CT molecular complexity index is 853. The van der Waals surface area contributed by atoms with Crippen LogP contribution in [0.4, 0.5) is 0 Å². The molecule has 0 aliphatic carbocycles. The number of ether oxygens (including phenoxy) is 6. The first-order valence-electron chi connectivity index (χ1n) is 7.76. The van der Waals surface area contributed by atoms with Crippen LogP contribution in [0.2, 0.25) is 0 Å². The van der Waals surface area contributed by atoms with Gasteiger partial charge in [0.25, 0.3) is 6.29 Å². The standard InChI is InChI=1S/C18H14O7/c19-17(10-1-2-13-14(5-10)23-8-22-13)11-6-15-16(25-9-24-15)7-12(11)18-20-3-4-21-18/h1-7,17-19H,8-9H2. The molecule has 1 atom stereocenters. The Morgan fingerprint density at radius 3 is 2.20 bits per heavy atom. The first-order chi connectivity index (χ1) is 12.3. The Kier molecular flexibility index (Phi) is 3.14. The molecule has 7 heteroatoms. The van der Waals surface area contributed by atoms with Crippen molar-refractivity contribution in [1.82, 2.24) is 0 Å². The third-order valence-electron chi connectivity index (χ3n) is 4.30. The summed E-state index contributed by atoms with van der Waals surface area (Å²) in [5.41, 5.74) is 1.94. The van der Waals surface area contributed by atoms with Gasteiger partial charge < -0.3 is 33.5 Å². The minimum atomic E-state index is -0.924. The van der Waals surface area contributed by atoms with E-state index in [2.05, 4.69) is 0 Å². The molecule has 2 aromatic carbocycles. The van der Waals surface area contributed by atoms with Gasteiger partial charge in [-0.25, -0.2) is 0 Å². The second-order valence-corrected chi connectivity index (χ2v) is 5.73. The molecule has 0 saturated heterocycles. The highest BCUT2D eigenvalue weighted by atomic mass is 16.7. The summed E-state index contributed by atoms with van der Waals surface area (Å²) in [5.74, 6) is 2.43. The molecule has 0 saturated carbocycles. The van der Waals surface area contributed by atoms with Gasteiger partial charge in [0.05, 0.1) is 0 Å². The Labute approximate surface area is 142 Å². The smallest absolute Gasteiger partial charge is 0.266 e. The van der Waals surface area contributed by atoms with E-state index in [1.165, 1.54) is 12.5 Å². The van der Waals surface area contributed by atoms with Gasteiger partial charge in [0.1, 0.15) is 18.6 Å². The number of aliphatic hydroxyl groups is 1. The van der Waals surface area contributed by atoms with E-state index in [1.54, 1.807) is 30.3 Å². The maximum atomic E-state index is 11.0. The Hall–Kier alpha value is -3.06. The highest BCUT2D eigenvalue weighted by molar-refractivity contribution is 5.53. The molecular weight excluding hydrogens is 328 g/mol. The number of benzene rings is 2. The largest absolute Gasteiger partial charge is 0.455 e. The zero-order valence-corrected chi connectivity index (χ0v) is 13.0. The third-order valence-corrected chi connectivity index (χ3v) is 4.30. The lowest BCUT2D eigenvalue weighted by molar-refractivity contribution is -0.0264. The minimum Gasteiger partial charge on any atom is -0.455 e. The lowest BCUT2D eigenvalue weighted by Crippen LogP contribution is -2.08. The van der Waals surface area contributed by atoms with Gasteiger partial charge in [-0.05, 0) is 35.4 Å². The monoisotopic (exact) mass is 342 g/mol. The lowest BCUT2D eigenvalue weighted by atomic mass is 9.95. The zero-order valence-electron chi connectivity index (χ0n) is 13.0. The third kappa shape index (κ3) is 2.32. The second-order valence-electron chi connectivity index (χ2n) is 5.73. The fourth-order valence-electron chi connectivity index (χ4n) is 3.06. The van der Waals surface area contributed by atoms with Crippen LogP contribution in [0.5, 0.6) is 23.0 Å². The molecule has 0 fully saturated rings. The van der Waals surface area contributed by atoms with E-state index in [-0.39, 0.29) is 13.6 Å². The van der Waals surface area contributed by atoms with Crippen LogP contribution < -0.4 is 18.9 Å². The molecule has 3 heterocycles. The molecule has 3 aliphatic rings. The Balaban J connectivity index is 1.57. The Morgan fingerprint density at radius 1 is 0.800 bits per heavy atom.